The van der Waals surface area contributed by atoms with E-state index < -0.39 is 22.7 Å². The van der Waals surface area contributed by atoms with Crippen molar-refractivity contribution in [3.05, 3.63) is 62.6 Å². The van der Waals surface area contributed by atoms with Gasteiger partial charge in [-0.3, -0.25) is 9.59 Å². The van der Waals surface area contributed by atoms with E-state index in [2.05, 4.69) is 10.3 Å². The zero-order chi connectivity index (χ0) is 19.4. The van der Waals surface area contributed by atoms with Gasteiger partial charge in [0, 0.05) is 23.9 Å². The second-order valence-electron chi connectivity index (χ2n) is 5.49. The lowest BCUT2D eigenvalue weighted by atomic mass is 10.2. The van der Waals surface area contributed by atoms with Crippen LogP contribution in [-0.2, 0) is 6.42 Å². The molecular weight excluding hydrogens is 397 g/mol. The quantitative estimate of drug-likeness (QED) is 0.605. The minimum atomic E-state index is -4.94. The van der Waals surface area contributed by atoms with Crippen LogP contribution in [0.25, 0.3) is 11.3 Å². The molecule has 2 heterocycles. The normalized spacial score (nSPS) is 11.4. The van der Waals surface area contributed by atoms with Gasteiger partial charge in [0.25, 0.3) is 11.7 Å². The fourth-order valence-corrected chi connectivity index (χ4v) is 3.95. The highest BCUT2D eigenvalue weighted by Gasteiger charge is 2.40. The molecule has 140 valence electrons. The van der Waals surface area contributed by atoms with Crippen LogP contribution >= 0.6 is 22.7 Å². The maximum absolute atomic E-state index is 12.4. The molecule has 0 fully saturated rings. The third-order valence-electron chi connectivity index (χ3n) is 3.56. The Labute approximate surface area is 160 Å². The van der Waals surface area contributed by atoms with Crippen molar-refractivity contribution in [2.45, 2.75) is 12.6 Å². The Bertz CT molecular complexity index is 949. The van der Waals surface area contributed by atoms with E-state index in [1.54, 1.807) is 0 Å². The molecule has 0 atom stereocenters. The summed E-state index contributed by atoms with van der Waals surface area (Å²) in [5, 5.41) is 5.41. The van der Waals surface area contributed by atoms with Gasteiger partial charge < -0.3 is 5.32 Å². The summed E-state index contributed by atoms with van der Waals surface area (Å²) in [5.41, 5.74) is 1.86. The molecule has 0 spiro atoms. The van der Waals surface area contributed by atoms with Gasteiger partial charge in [-0.25, -0.2) is 4.98 Å². The van der Waals surface area contributed by atoms with E-state index in [9.17, 15) is 22.8 Å². The number of alkyl halides is 3. The molecule has 1 aromatic carbocycles. The average molecular weight is 410 g/mol. The van der Waals surface area contributed by atoms with Gasteiger partial charge in [-0.2, -0.15) is 13.2 Å². The molecule has 0 unspecified atom stereocenters. The first kappa shape index (κ1) is 19.2. The molecule has 0 aliphatic carbocycles. The van der Waals surface area contributed by atoms with Gasteiger partial charge >= 0.3 is 6.18 Å². The van der Waals surface area contributed by atoms with E-state index in [-0.39, 0.29) is 4.88 Å². The SMILES string of the molecule is O=C(NCCc1nc(-c2ccccc2)cs1)c1ccc(C(=O)C(F)(F)F)s1. The lowest BCUT2D eigenvalue weighted by Gasteiger charge is -2.02. The van der Waals surface area contributed by atoms with Crippen LogP contribution in [0.15, 0.2) is 47.8 Å². The number of thiazole rings is 1. The molecule has 0 radical (unpaired) electrons. The number of carbonyl (C=O) groups excluding carboxylic acids is 2. The van der Waals surface area contributed by atoms with E-state index in [4.69, 9.17) is 0 Å². The summed E-state index contributed by atoms with van der Waals surface area (Å²) >= 11 is 2.00. The summed E-state index contributed by atoms with van der Waals surface area (Å²) in [6.45, 7) is 0.293. The summed E-state index contributed by atoms with van der Waals surface area (Å²) in [6, 6.07) is 11.9. The van der Waals surface area contributed by atoms with E-state index in [1.807, 2.05) is 35.7 Å². The molecular formula is C18H13F3N2O2S2. The number of nitrogens with zero attached hydrogens (tertiary/aromatic N) is 1. The third-order valence-corrected chi connectivity index (χ3v) is 5.55. The van der Waals surface area contributed by atoms with Crippen LogP contribution in [0.1, 0.15) is 24.4 Å². The molecule has 4 nitrogen and oxygen atoms in total. The maximum atomic E-state index is 12.4. The van der Waals surface area contributed by atoms with Crippen molar-refractivity contribution >= 4 is 34.4 Å². The Kier molecular flexibility index (Phi) is 5.71. The third kappa shape index (κ3) is 4.81. The number of benzene rings is 1. The summed E-state index contributed by atoms with van der Waals surface area (Å²) < 4.78 is 37.2. The molecule has 0 aliphatic heterocycles. The maximum Gasteiger partial charge on any atom is 0.455 e. The summed E-state index contributed by atoms with van der Waals surface area (Å²) in [7, 11) is 0. The van der Waals surface area contributed by atoms with E-state index in [0.29, 0.717) is 24.3 Å². The zero-order valence-corrected chi connectivity index (χ0v) is 15.4. The van der Waals surface area contributed by atoms with Crippen molar-refractivity contribution in [1.82, 2.24) is 10.3 Å². The number of ketones is 1. The second-order valence-corrected chi connectivity index (χ2v) is 7.52. The molecule has 1 N–H and O–H groups in total. The number of amides is 1. The molecule has 9 heteroatoms. The first-order valence-electron chi connectivity index (χ1n) is 7.84. The monoisotopic (exact) mass is 410 g/mol. The van der Waals surface area contributed by atoms with Crippen molar-refractivity contribution in [1.29, 1.82) is 0 Å². The Morgan fingerprint density at radius 2 is 1.74 bits per heavy atom. The van der Waals surface area contributed by atoms with Crippen molar-refractivity contribution in [2.24, 2.45) is 0 Å². The fraction of sp³-hybridized carbons (Fsp3) is 0.167. The van der Waals surface area contributed by atoms with Gasteiger partial charge in [-0.1, -0.05) is 30.3 Å². The Morgan fingerprint density at radius 3 is 2.44 bits per heavy atom. The predicted octanol–water partition coefficient (Wildman–Crippen LogP) is 4.59. The highest BCUT2D eigenvalue weighted by molar-refractivity contribution is 7.16. The molecule has 0 aliphatic rings. The van der Waals surface area contributed by atoms with E-state index in [0.717, 1.165) is 22.3 Å². The largest absolute Gasteiger partial charge is 0.455 e. The lowest BCUT2D eigenvalue weighted by Crippen LogP contribution is -2.25. The van der Waals surface area contributed by atoms with Crippen LogP contribution in [-0.4, -0.2) is 29.4 Å². The Morgan fingerprint density at radius 1 is 1.04 bits per heavy atom. The number of aromatic nitrogens is 1. The van der Waals surface area contributed by atoms with Crippen molar-refractivity contribution < 1.29 is 22.8 Å². The molecule has 0 saturated heterocycles. The topological polar surface area (TPSA) is 59.1 Å². The Balaban J connectivity index is 1.54. The smallest absolute Gasteiger partial charge is 0.351 e. The van der Waals surface area contributed by atoms with Crippen LogP contribution in [0.5, 0.6) is 0 Å². The number of hydrogen-bond donors (Lipinski definition) is 1. The van der Waals surface area contributed by atoms with Crippen molar-refractivity contribution in [2.75, 3.05) is 6.54 Å². The van der Waals surface area contributed by atoms with Gasteiger partial charge in [0.15, 0.2) is 0 Å². The number of carbonyl (C=O) groups is 2. The van der Waals surface area contributed by atoms with Crippen LogP contribution in [0.3, 0.4) is 0 Å². The van der Waals surface area contributed by atoms with Gasteiger partial charge in [-0.05, 0) is 12.1 Å². The molecule has 3 rings (SSSR count). The van der Waals surface area contributed by atoms with Crippen molar-refractivity contribution in [3.63, 3.8) is 0 Å². The van der Waals surface area contributed by atoms with E-state index in [1.165, 1.54) is 17.4 Å². The summed E-state index contributed by atoms with van der Waals surface area (Å²) in [5.74, 6) is -2.45. The van der Waals surface area contributed by atoms with Crippen LogP contribution in [0.4, 0.5) is 13.2 Å². The number of halogens is 3. The fourth-order valence-electron chi connectivity index (χ4n) is 2.26. The summed E-state index contributed by atoms with van der Waals surface area (Å²) in [4.78, 5) is 27.3. The number of nitrogens with one attached hydrogen (secondary N) is 1. The second kappa shape index (κ2) is 8.01. The summed E-state index contributed by atoms with van der Waals surface area (Å²) in [6.07, 6.45) is -4.44. The highest BCUT2D eigenvalue weighted by atomic mass is 32.1. The predicted molar refractivity (Wildman–Crippen MR) is 98.3 cm³/mol. The molecule has 27 heavy (non-hydrogen) atoms. The number of hydrogen-bond acceptors (Lipinski definition) is 5. The van der Waals surface area contributed by atoms with Gasteiger partial charge in [-0.15, -0.1) is 22.7 Å². The van der Waals surface area contributed by atoms with Crippen LogP contribution in [0, 0.1) is 0 Å². The average Bonchev–Trinajstić information content (AvgIpc) is 3.31. The minimum absolute atomic E-state index is 0.0618. The Hall–Kier alpha value is -2.52. The number of Topliss-reactive ketones (excluding diaryl/α,β-unsaturated/α-hetero) is 1. The standard InChI is InChI=1S/C18H13F3N2O2S2/c19-18(20,21)16(24)13-6-7-14(27-13)17(25)22-9-8-15-23-12(10-26-15)11-4-2-1-3-5-11/h1-7,10H,8-9H2,(H,22,25). The van der Waals surface area contributed by atoms with Gasteiger partial charge in [0.2, 0.25) is 0 Å². The molecule has 0 saturated carbocycles. The molecule has 1 amide bonds. The molecule has 2 aromatic heterocycles. The van der Waals surface area contributed by atoms with Crippen molar-refractivity contribution in [3.8, 4) is 11.3 Å². The number of rotatable bonds is 6. The first-order valence-corrected chi connectivity index (χ1v) is 9.53. The van der Waals surface area contributed by atoms with E-state index >= 15 is 0 Å². The lowest BCUT2D eigenvalue weighted by molar-refractivity contribution is -0.0882. The highest BCUT2D eigenvalue weighted by Crippen LogP contribution is 2.26. The number of thiophene rings is 1. The minimum Gasteiger partial charge on any atom is -0.351 e. The molecule has 0 bridgehead atoms. The van der Waals surface area contributed by atoms with Gasteiger partial charge in [0.1, 0.15) is 0 Å². The molecule has 3 aromatic rings. The van der Waals surface area contributed by atoms with Crippen LogP contribution < -0.4 is 5.32 Å². The first-order chi connectivity index (χ1) is 12.8. The zero-order valence-electron chi connectivity index (χ0n) is 13.7. The van der Waals surface area contributed by atoms with Crippen LogP contribution in [0.2, 0.25) is 0 Å². The van der Waals surface area contributed by atoms with Gasteiger partial charge in [0.05, 0.1) is 20.5 Å².